The van der Waals surface area contributed by atoms with Crippen molar-refractivity contribution in [3.05, 3.63) is 65.2 Å². The highest BCUT2D eigenvalue weighted by atomic mass is 16.4. The van der Waals surface area contributed by atoms with Gasteiger partial charge in [0.05, 0.1) is 5.56 Å². The number of para-hydroxylation sites is 1. The number of aryl methyl sites for hydroxylation is 1. The van der Waals surface area contributed by atoms with E-state index in [2.05, 4.69) is 12.1 Å². The highest BCUT2D eigenvalue weighted by molar-refractivity contribution is 5.96. The van der Waals surface area contributed by atoms with Gasteiger partial charge in [0.1, 0.15) is 0 Å². The molecular formula is C20H19NO3. The largest absolute Gasteiger partial charge is 0.478 e. The van der Waals surface area contributed by atoms with E-state index in [4.69, 9.17) is 5.11 Å². The third kappa shape index (κ3) is 2.48. The molecule has 4 rings (SSSR count). The van der Waals surface area contributed by atoms with Crippen LogP contribution >= 0.6 is 0 Å². The van der Waals surface area contributed by atoms with Crippen LogP contribution in [0.15, 0.2) is 48.5 Å². The van der Waals surface area contributed by atoms with Crippen LogP contribution in [0.3, 0.4) is 0 Å². The van der Waals surface area contributed by atoms with Gasteiger partial charge in [0.25, 0.3) is 0 Å². The number of rotatable bonds is 4. The standard InChI is InChI=1S/C20H19NO3/c22-18(10-7-14-5-8-15(9-6-14)19(23)24)21-13-20(11-12-20)16-3-1-2-4-17(16)21/h1-6,8-9H,7,10-13H2,(H,23,24). The summed E-state index contributed by atoms with van der Waals surface area (Å²) in [5.41, 5.74) is 3.87. The Bertz CT molecular complexity index is 806. The monoisotopic (exact) mass is 321 g/mol. The summed E-state index contributed by atoms with van der Waals surface area (Å²) in [6.45, 7) is 0.809. The van der Waals surface area contributed by atoms with E-state index in [1.165, 1.54) is 18.4 Å². The van der Waals surface area contributed by atoms with Crippen LogP contribution in [0.2, 0.25) is 0 Å². The van der Waals surface area contributed by atoms with E-state index in [-0.39, 0.29) is 16.9 Å². The molecule has 0 atom stereocenters. The van der Waals surface area contributed by atoms with Crippen LogP contribution in [0, 0.1) is 0 Å². The van der Waals surface area contributed by atoms with E-state index < -0.39 is 5.97 Å². The lowest BCUT2D eigenvalue weighted by Gasteiger charge is -2.18. The third-order valence-electron chi connectivity index (χ3n) is 5.21. The van der Waals surface area contributed by atoms with E-state index >= 15 is 0 Å². The Balaban J connectivity index is 1.45. The molecule has 1 spiro atoms. The van der Waals surface area contributed by atoms with E-state index in [1.54, 1.807) is 24.3 Å². The van der Waals surface area contributed by atoms with Gasteiger partial charge in [-0.25, -0.2) is 4.79 Å². The highest BCUT2D eigenvalue weighted by Crippen LogP contribution is 2.56. The van der Waals surface area contributed by atoms with Crippen LogP contribution in [0.4, 0.5) is 5.69 Å². The first-order valence-corrected chi connectivity index (χ1v) is 8.31. The predicted octanol–water partition coefficient (Wildman–Crippen LogP) is 3.40. The molecule has 4 nitrogen and oxygen atoms in total. The van der Waals surface area contributed by atoms with Gasteiger partial charge in [0.2, 0.25) is 5.91 Å². The SMILES string of the molecule is O=C(O)c1ccc(CCC(=O)N2CC3(CC3)c3ccccc32)cc1. The number of carbonyl (C=O) groups excluding carboxylic acids is 1. The van der Waals surface area contributed by atoms with Crippen molar-refractivity contribution in [3.63, 3.8) is 0 Å². The van der Waals surface area contributed by atoms with Gasteiger partial charge in [-0.3, -0.25) is 4.79 Å². The molecule has 0 radical (unpaired) electrons. The average Bonchev–Trinajstić information content (AvgIpc) is 3.30. The zero-order chi connectivity index (χ0) is 16.7. The Hall–Kier alpha value is -2.62. The van der Waals surface area contributed by atoms with E-state index in [0.717, 1.165) is 17.8 Å². The van der Waals surface area contributed by atoms with Crippen LogP contribution in [0.1, 0.15) is 40.7 Å². The van der Waals surface area contributed by atoms with Crippen LogP contribution in [-0.4, -0.2) is 23.5 Å². The molecule has 0 bridgehead atoms. The first-order chi connectivity index (χ1) is 11.6. The van der Waals surface area contributed by atoms with Gasteiger partial charge in [0.15, 0.2) is 0 Å². The minimum absolute atomic E-state index is 0.147. The molecule has 2 aromatic rings. The van der Waals surface area contributed by atoms with Crippen molar-refractivity contribution < 1.29 is 14.7 Å². The Morgan fingerprint density at radius 3 is 2.42 bits per heavy atom. The third-order valence-corrected chi connectivity index (χ3v) is 5.21. The van der Waals surface area contributed by atoms with Gasteiger partial charge in [-0.2, -0.15) is 0 Å². The number of carboxylic acids is 1. The summed E-state index contributed by atoms with van der Waals surface area (Å²) in [7, 11) is 0. The number of benzene rings is 2. The molecule has 1 aliphatic carbocycles. The number of fused-ring (bicyclic) bond motifs is 2. The molecule has 0 aromatic heterocycles. The molecule has 1 amide bonds. The van der Waals surface area contributed by atoms with Crippen molar-refractivity contribution >= 4 is 17.6 Å². The molecule has 0 saturated heterocycles. The van der Waals surface area contributed by atoms with Crippen LogP contribution in [-0.2, 0) is 16.6 Å². The number of hydrogen-bond acceptors (Lipinski definition) is 2. The normalized spacial score (nSPS) is 16.9. The molecule has 2 aliphatic rings. The molecule has 1 fully saturated rings. The van der Waals surface area contributed by atoms with Gasteiger partial charge in [-0.05, 0) is 48.6 Å². The quantitative estimate of drug-likeness (QED) is 0.939. The molecule has 0 unspecified atom stereocenters. The Kier molecular flexibility index (Phi) is 3.41. The fraction of sp³-hybridized carbons (Fsp3) is 0.300. The summed E-state index contributed by atoms with van der Waals surface area (Å²) in [5, 5.41) is 8.92. The molecule has 1 N–H and O–H groups in total. The van der Waals surface area contributed by atoms with Gasteiger partial charge in [0, 0.05) is 24.1 Å². The number of carbonyl (C=O) groups is 2. The average molecular weight is 321 g/mol. The number of amides is 1. The fourth-order valence-corrected chi connectivity index (χ4v) is 3.63. The maximum Gasteiger partial charge on any atom is 0.335 e. The molecular weight excluding hydrogens is 302 g/mol. The van der Waals surface area contributed by atoms with Crippen molar-refractivity contribution in [3.8, 4) is 0 Å². The van der Waals surface area contributed by atoms with Crippen molar-refractivity contribution in [1.29, 1.82) is 0 Å². The molecule has 24 heavy (non-hydrogen) atoms. The Labute approximate surface area is 140 Å². The number of nitrogens with zero attached hydrogens (tertiary/aromatic N) is 1. The smallest absolute Gasteiger partial charge is 0.335 e. The first kappa shape index (κ1) is 14.9. The second-order valence-corrected chi connectivity index (χ2v) is 6.78. The Morgan fingerprint density at radius 1 is 1.04 bits per heavy atom. The second kappa shape index (κ2) is 5.48. The van der Waals surface area contributed by atoms with Crippen molar-refractivity contribution in [2.75, 3.05) is 11.4 Å². The number of carboxylic acid groups (broad SMARTS) is 1. The summed E-state index contributed by atoms with van der Waals surface area (Å²) in [6.07, 6.45) is 3.41. The van der Waals surface area contributed by atoms with E-state index in [1.807, 2.05) is 17.0 Å². The zero-order valence-electron chi connectivity index (χ0n) is 13.4. The molecule has 2 aromatic carbocycles. The van der Waals surface area contributed by atoms with Crippen molar-refractivity contribution in [2.45, 2.75) is 31.1 Å². The summed E-state index contributed by atoms with van der Waals surface area (Å²) in [4.78, 5) is 25.5. The minimum atomic E-state index is -0.930. The molecule has 4 heteroatoms. The number of anilines is 1. The lowest BCUT2D eigenvalue weighted by molar-refractivity contribution is -0.118. The van der Waals surface area contributed by atoms with E-state index in [9.17, 15) is 9.59 Å². The first-order valence-electron chi connectivity index (χ1n) is 8.31. The lowest BCUT2D eigenvalue weighted by Crippen LogP contribution is -2.31. The van der Waals surface area contributed by atoms with Gasteiger partial charge >= 0.3 is 5.97 Å². The topological polar surface area (TPSA) is 57.6 Å². The maximum atomic E-state index is 12.7. The number of hydrogen-bond donors (Lipinski definition) is 1. The molecule has 1 heterocycles. The van der Waals surface area contributed by atoms with Crippen LogP contribution in [0.5, 0.6) is 0 Å². The Morgan fingerprint density at radius 2 is 1.75 bits per heavy atom. The summed E-state index contributed by atoms with van der Waals surface area (Å²) in [6, 6.07) is 15.0. The minimum Gasteiger partial charge on any atom is -0.478 e. The van der Waals surface area contributed by atoms with Crippen LogP contribution in [0.25, 0.3) is 0 Å². The highest BCUT2D eigenvalue weighted by Gasteiger charge is 2.52. The summed E-state index contributed by atoms with van der Waals surface area (Å²) in [5.74, 6) is -0.783. The van der Waals surface area contributed by atoms with Gasteiger partial charge in [-0.15, -0.1) is 0 Å². The maximum absolute atomic E-state index is 12.7. The van der Waals surface area contributed by atoms with Crippen LogP contribution < -0.4 is 4.90 Å². The summed E-state index contributed by atoms with van der Waals surface area (Å²) < 4.78 is 0. The number of aromatic carboxylic acids is 1. The van der Waals surface area contributed by atoms with E-state index in [0.29, 0.717) is 12.8 Å². The van der Waals surface area contributed by atoms with Crippen molar-refractivity contribution in [2.24, 2.45) is 0 Å². The zero-order valence-corrected chi connectivity index (χ0v) is 13.4. The van der Waals surface area contributed by atoms with Crippen molar-refractivity contribution in [1.82, 2.24) is 0 Å². The predicted molar refractivity (Wildman–Crippen MR) is 91.4 cm³/mol. The molecule has 1 aliphatic heterocycles. The summed E-state index contributed by atoms with van der Waals surface area (Å²) >= 11 is 0. The second-order valence-electron chi connectivity index (χ2n) is 6.78. The lowest BCUT2D eigenvalue weighted by atomic mass is 9.99. The van der Waals surface area contributed by atoms with Gasteiger partial charge < -0.3 is 10.0 Å². The van der Waals surface area contributed by atoms with Gasteiger partial charge in [-0.1, -0.05) is 30.3 Å². The molecule has 1 saturated carbocycles. The fourth-order valence-electron chi connectivity index (χ4n) is 3.63. The molecule has 122 valence electrons.